The summed E-state index contributed by atoms with van der Waals surface area (Å²) >= 11 is 0. The number of nitrogens with one attached hydrogen (secondary N) is 1. The number of nitrogens with two attached hydrogens (primary N) is 1. The number of furan rings is 1. The highest BCUT2D eigenvalue weighted by atomic mass is 32.2. The van der Waals surface area contributed by atoms with Crippen LogP contribution in [0, 0.1) is 0 Å². The SMILES string of the molecule is CCOC(=O)c1ccc(S(=O)(=O)NCCC(C)N)o1. The van der Waals surface area contributed by atoms with E-state index in [4.69, 9.17) is 14.9 Å². The fraction of sp³-hybridized carbons (Fsp3) is 0.545. The Labute approximate surface area is 112 Å². The zero-order valence-electron chi connectivity index (χ0n) is 10.9. The molecule has 1 unspecified atom stereocenters. The molecule has 19 heavy (non-hydrogen) atoms. The average molecular weight is 290 g/mol. The number of carbonyl (C=O) groups is 1. The standard InChI is InChI=1S/C11H18N2O5S/c1-3-17-11(14)9-4-5-10(18-9)19(15,16)13-7-6-8(2)12/h4-5,8,13H,3,6-7,12H2,1-2H3. The van der Waals surface area contributed by atoms with E-state index in [1.54, 1.807) is 13.8 Å². The van der Waals surface area contributed by atoms with Crippen molar-refractivity contribution < 1.29 is 22.4 Å². The van der Waals surface area contributed by atoms with E-state index in [1.165, 1.54) is 12.1 Å². The molecule has 0 bridgehead atoms. The van der Waals surface area contributed by atoms with Crippen molar-refractivity contribution >= 4 is 16.0 Å². The highest BCUT2D eigenvalue weighted by Gasteiger charge is 2.21. The highest BCUT2D eigenvalue weighted by Crippen LogP contribution is 2.14. The van der Waals surface area contributed by atoms with Gasteiger partial charge in [0.15, 0.2) is 0 Å². The van der Waals surface area contributed by atoms with Crippen molar-refractivity contribution in [2.24, 2.45) is 5.73 Å². The maximum Gasteiger partial charge on any atom is 0.374 e. The number of hydrogen-bond donors (Lipinski definition) is 2. The van der Waals surface area contributed by atoms with Crippen LogP contribution >= 0.6 is 0 Å². The van der Waals surface area contributed by atoms with Crippen LogP contribution in [0.1, 0.15) is 30.8 Å². The van der Waals surface area contributed by atoms with Crippen molar-refractivity contribution in [2.75, 3.05) is 13.2 Å². The minimum Gasteiger partial charge on any atom is -0.460 e. The zero-order chi connectivity index (χ0) is 14.5. The van der Waals surface area contributed by atoms with Crippen molar-refractivity contribution in [3.05, 3.63) is 17.9 Å². The van der Waals surface area contributed by atoms with Gasteiger partial charge in [0.25, 0.3) is 10.0 Å². The number of rotatable bonds is 7. The molecule has 0 radical (unpaired) electrons. The lowest BCUT2D eigenvalue weighted by Crippen LogP contribution is -2.28. The van der Waals surface area contributed by atoms with Crippen molar-refractivity contribution in [1.29, 1.82) is 0 Å². The molecule has 1 aromatic heterocycles. The Morgan fingerprint density at radius 3 is 2.79 bits per heavy atom. The molecule has 3 N–H and O–H groups in total. The Kier molecular flexibility index (Phi) is 5.52. The molecule has 0 spiro atoms. The van der Waals surface area contributed by atoms with Gasteiger partial charge < -0.3 is 14.9 Å². The zero-order valence-corrected chi connectivity index (χ0v) is 11.7. The Bertz CT molecular complexity index is 521. The predicted octanol–water partition coefficient (Wildman–Crippen LogP) is 0.472. The van der Waals surface area contributed by atoms with E-state index in [0.717, 1.165) is 0 Å². The Morgan fingerprint density at radius 2 is 2.21 bits per heavy atom. The fourth-order valence-corrected chi connectivity index (χ4v) is 2.24. The quantitative estimate of drug-likeness (QED) is 0.706. The van der Waals surface area contributed by atoms with Crippen LogP contribution in [-0.2, 0) is 14.8 Å². The van der Waals surface area contributed by atoms with Gasteiger partial charge in [-0.25, -0.2) is 17.9 Å². The minimum atomic E-state index is -3.76. The second kappa shape index (κ2) is 6.69. The molecule has 1 rings (SSSR count). The Balaban J connectivity index is 2.71. The van der Waals surface area contributed by atoms with Crippen molar-refractivity contribution in [3.8, 4) is 0 Å². The van der Waals surface area contributed by atoms with Crippen LogP contribution in [0.2, 0.25) is 0 Å². The second-order valence-electron chi connectivity index (χ2n) is 4.00. The molecule has 0 aliphatic carbocycles. The summed E-state index contributed by atoms with van der Waals surface area (Å²) in [6.45, 7) is 3.82. The molecule has 0 aliphatic rings. The van der Waals surface area contributed by atoms with Crippen LogP contribution in [0.25, 0.3) is 0 Å². The average Bonchev–Trinajstić information content (AvgIpc) is 2.78. The maximum absolute atomic E-state index is 11.8. The molecule has 1 heterocycles. The molecule has 1 aromatic rings. The number of esters is 1. The summed E-state index contributed by atoms with van der Waals surface area (Å²) in [5, 5.41) is -0.319. The van der Waals surface area contributed by atoms with E-state index >= 15 is 0 Å². The van der Waals surface area contributed by atoms with Gasteiger partial charge >= 0.3 is 5.97 Å². The van der Waals surface area contributed by atoms with Crippen LogP contribution in [-0.4, -0.2) is 33.6 Å². The third-order valence-corrected chi connectivity index (χ3v) is 3.55. The number of carbonyl (C=O) groups excluding carboxylic acids is 1. The van der Waals surface area contributed by atoms with Crippen molar-refractivity contribution in [3.63, 3.8) is 0 Å². The second-order valence-corrected chi connectivity index (χ2v) is 5.70. The van der Waals surface area contributed by atoms with Gasteiger partial charge in [-0.3, -0.25) is 0 Å². The van der Waals surface area contributed by atoms with Crippen LogP contribution < -0.4 is 10.5 Å². The summed E-state index contributed by atoms with van der Waals surface area (Å²) in [7, 11) is -3.76. The summed E-state index contributed by atoms with van der Waals surface area (Å²) in [5.74, 6) is -0.839. The molecule has 0 aliphatic heterocycles. The third-order valence-electron chi connectivity index (χ3n) is 2.21. The van der Waals surface area contributed by atoms with Gasteiger partial charge in [0, 0.05) is 12.6 Å². The largest absolute Gasteiger partial charge is 0.460 e. The first-order valence-corrected chi connectivity index (χ1v) is 7.37. The summed E-state index contributed by atoms with van der Waals surface area (Å²) in [6.07, 6.45) is 0.505. The molecular formula is C11H18N2O5S. The molecule has 7 nitrogen and oxygen atoms in total. The first-order valence-electron chi connectivity index (χ1n) is 5.89. The first-order chi connectivity index (χ1) is 8.86. The van der Waals surface area contributed by atoms with E-state index in [9.17, 15) is 13.2 Å². The normalized spacial score (nSPS) is 13.2. The smallest absolute Gasteiger partial charge is 0.374 e. The molecule has 0 amide bonds. The van der Waals surface area contributed by atoms with Gasteiger partial charge in [-0.05, 0) is 32.4 Å². The van der Waals surface area contributed by atoms with Gasteiger partial charge in [-0.1, -0.05) is 0 Å². The van der Waals surface area contributed by atoms with E-state index < -0.39 is 16.0 Å². The van der Waals surface area contributed by atoms with Gasteiger partial charge in [-0.2, -0.15) is 0 Å². The van der Waals surface area contributed by atoms with E-state index in [2.05, 4.69) is 4.72 Å². The van der Waals surface area contributed by atoms with Crippen molar-refractivity contribution in [1.82, 2.24) is 4.72 Å². The maximum atomic E-state index is 11.8. The van der Waals surface area contributed by atoms with Crippen molar-refractivity contribution in [2.45, 2.75) is 31.4 Å². The first kappa shape index (κ1) is 15.7. The Hall–Kier alpha value is -1.38. The molecule has 8 heteroatoms. The fourth-order valence-electron chi connectivity index (χ4n) is 1.27. The lowest BCUT2D eigenvalue weighted by Gasteiger charge is -2.06. The van der Waals surface area contributed by atoms with Gasteiger partial charge in [0.05, 0.1) is 6.61 Å². The topological polar surface area (TPSA) is 112 Å². The monoisotopic (exact) mass is 290 g/mol. The van der Waals surface area contributed by atoms with E-state index in [1.807, 2.05) is 0 Å². The van der Waals surface area contributed by atoms with Crippen LogP contribution in [0.15, 0.2) is 21.6 Å². The summed E-state index contributed by atoms with van der Waals surface area (Å²) in [4.78, 5) is 11.3. The molecule has 0 saturated heterocycles. The molecule has 1 atom stereocenters. The molecular weight excluding hydrogens is 272 g/mol. The van der Waals surface area contributed by atoms with Gasteiger partial charge in [0.2, 0.25) is 10.9 Å². The van der Waals surface area contributed by atoms with E-state index in [0.29, 0.717) is 6.42 Å². The molecule has 0 saturated carbocycles. The Morgan fingerprint density at radius 1 is 1.53 bits per heavy atom. The van der Waals surface area contributed by atoms with Crippen LogP contribution in [0.3, 0.4) is 0 Å². The van der Waals surface area contributed by atoms with Crippen LogP contribution in [0.4, 0.5) is 0 Å². The lowest BCUT2D eigenvalue weighted by molar-refractivity contribution is 0.0484. The summed E-state index contributed by atoms with van der Waals surface area (Å²) in [5.41, 5.74) is 5.52. The summed E-state index contributed by atoms with van der Waals surface area (Å²) < 4.78 is 35.6. The van der Waals surface area contributed by atoms with E-state index in [-0.39, 0.29) is 30.0 Å². The van der Waals surface area contributed by atoms with Gasteiger partial charge in [-0.15, -0.1) is 0 Å². The number of ether oxygens (including phenoxy) is 1. The summed E-state index contributed by atoms with van der Waals surface area (Å²) in [6, 6.07) is 2.37. The number of hydrogen-bond acceptors (Lipinski definition) is 6. The molecule has 0 aromatic carbocycles. The van der Waals surface area contributed by atoms with Crippen LogP contribution in [0.5, 0.6) is 0 Å². The molecule has 108 valence electrons. The highest BCUT2D eigenvalue weighted by molar-refractivity contribution is 7.89. The lowest BCUT2D eigenvalue weighted by atomic mass is 10.3. The van der Waals surface area contributed by atoms with Gasteiger partial charge in [0.1, 0.15) is 0 Å². The number of sulfonamides is 1. The minimum absolute atomic E-state index is 0.102. The molecule has 0 fully saturated rings. The third kappa shape index (κ3) is 4.66. The predicted molar refractivity (Wildman–Crippen MR) is 68.1 cm³/mol.